The molecular formula is C49H57N7. The molecule has 0 aliphatic heterocycles. The molecule has 7 heteroatoms. The van der Waals surface area contributed by atoms with Crippen LogP contribution in [0.5, 0.6) is 0 Å². The van der Waals surface area contributed by atoms with Gasteiger partial charge in [0.15, 0.2) is 11.5 Å². The molecule has 0 spiro atoms. The molecule has 4 aromatic heterocycles. The van der Waals surface area contributed by atoms with E-state index in [9.17, 15) is 0 Å². The fourth-order valence-corrected chi connectivity index (χ4v) is 5.49. The normalized spacial score (nSPS) is 10.6. The first kappa shape index (κ1) is 43.9. The lowest BCUT2D eigenvalue weighted by molar-refractivity contribution is 0.788. The minimum absolute atomic E-state index is 0.726. The zero-order chi connectivity index (χ0) is 40.7. The fourth-order valence-electron chi connectivity index (χ4n) is 5.49. The highest BCUT2D eigenvalue weighted by atomic mass is 15.4. The van der Waals surface area contributed by atoms with Gasteiger partial charge < -0.3 is 0 Å². The number of nitrogens with one attached hydrogen (secondary N) is 1. The predicted molar refractivity (Wildman–Crippen MR) is 241 cm³/mol. The molecule has 7 nitrogen and oxygen atoms in total. The Labute approximate surface area is 333 Å². The average molecular weight is 744 g/mol. The fraction of sp³-hybridized carbons (Fsp3) is 0.204. The number of H-pyrrole nitrogens is 1. The minimum atomic E-state index is 0.726. The smallest absolute Gasteiger partial charge is 0.177 e. The number of rotatable bonds is 10. The minimum Gasteiger partial charge on any atom is -0.277 e. The second kappa shape index (κ2) is 24.0. The van der Waals surface area contributed by atoms with Gasteiger partial charge in [-0.3, -0.25) is 10.1 Å². The molecule has 288 valence electrons. The van der Waals surface area contributed by atoms with E-state index in [2.05, 4.69) is 120 Å². The largest absolute Gasteiger partial charge is 0.277 e. The van der Waals surface area contributed by atoms with Crippen molar-refractivity contribution in [1.29, 1.82) is 0 Å². The third-order valence-electron chi connectivity index (χ3n) is 8.63. The van der Waals surface area contributed by atoms with Crippen LogP contribution >= 0.6 is 0 Å². The Morgan fingerprint density at radius 3 is 2.09 bits per heavy atom. The van der Waals surface area contributed by atoms with E-state index in [4.69, 9.17) is 5.10 Å². The van der Waals surface area contributed by atoms with Crippen LogP contribution < -0.4 is 0 Å². The van der Waals surface area contributed by atoms with Crippen molar-refractivity contribution in [3.05, 3.63) is 188 Å². The highest BCUT2D eigenvalue weighted by Gasteiger charge is 2.11. The molecule has 0 radical (unpaired) electrons. The number of nitrogens with zero attached hydrogens (tertiary/aromatic N) is 6. The van der Waals surface area contributed by atoms with E-state index in [0.29, 0.717) is 0 Å². The number of aryl methyl sites for hydroxylation is 2. The highest BCUT2D eigenvalue weighted by molar-refractivity contribution is 5.87. The summed E-state index contributed by atoms with van der Waals surface area (Å²) in [7, 11) is 0. The average Bonchev–Trinajstić information content (AvgIpc) is 3.87. The van der Waals surface area contributed by atoms with Gasteiger partial charge in [0.1, 0.15) is 0 Å². The Kier molecular flexibility index (Phi) is 18.9. The van der Waals surface area contributed by atoms with Gasteiger partial charge in [-0.25, -0.2) is 0 Å². The van der Waals surface area contributed by atoms with Crippen LogP contribution in [0.25, 0.3) is 44.8 Å². The van der Waals surface area contributed by atoms with Crippen LogP contribution in [-0.4, -0.2) is 35.0 Å². The van der Waals surface area contributed by atoms with Crippen molar-refractivity contribution in [1.82, 2.24) is 35.0 Å². The second-order valence-electron chi connectivity index (χ2n) is 12.4. The van der Waals surface area contributed by atoms with E-state index in [1.807, 2.05) is 93.0 Å². The summed E-state index contributed by atoms with van der Waals surface area (Å²) >= 11 is 0. The summed E-state index contributed by atoms with van der Waals surface area (Å²) in [4.78, 5) is 4.68. The maximum absolute atomic E-state index is 4.82. The van der Waals surface area contributed by atoms with Gasteiger partial charge in [-0.15, -0.1) is 10.2 Å². The summed E-state index contributed by atoms with van der Waals surface area (Å²) in [5, 5.41) is 23.3. The number of hydrogen-bond acceptors (Lipinski definition) is 5. The molecule has 0 saturated carbocycles. The number of allylic oxidation sites excluding steroid dienone is 7. The lowest BCUT2D eigenvalue weighted by atomic mass is 9.99. The molecule has 0 amide bonds. The van der Waals surface area contributed by atoms with Gasteiger partial charge in [-0.1, -0.05) is 144 Å². The quantitative estimate of drug-likeness (QED) is 0.111. The number of aromatic amines is 1. The van der Waals surface area contributed by atoms with Crippen molar-refractivity contribution < 1.29 is 0 Å². The number of hydrogen-bond donors (Lipinski definition) is 1. The molecule has 3 aromatic carbocycles. The van der Waals surface area contributed by atoms with Crippen LogP contribution in [-0.2, 0) is 19.3 Å². The molecule has 7 aromatic rings. The molecule has 0 fully saturated rings. The molecule has 0 aliphatic carbocycles. The third-order valence-corrected chi connectivity index (χ3v) is 8.63. The molecule has 4 heterocycles. The van der Waals surface area contributed by atoms with Crippen molar-refractivity contribution in [2.24, 2.45) is 0 Å². The van der Waals surface area contributed by atoms with Gasteiger partial charge in [-0.05, 0) is 93.1 Å². The molecule has 0 atom stereocenters. The summed E-state index contributed by atoms with van der Waals surface area (Å²) in [6, 6.07) is 29.2. The summed E-state index contributed by atoms with van der Waals surface area (Å²) < 4.78 is 1.86. The summed E-state index contributed by atoms with van der Waals surface area (Å²) in [5.74, 6) is 0.846. The first-order valence-corrected chi connectivity index (χ1v) is 19.2. The third kappa shape index (κ3) is 12.6. The summed E-state index contributed by atoms with van der Waals surface area (Å²) in [6.07, 6.45) is 18.3. The maximum Gasteiger partial charge on any atom is 0.177 e. The zero-order valence-corrected chi connectivity index (χ0v) is 34.0. The molecule has 56 heavy (non-hydrogen) atoms. The van der Waals surface area contributed by atoms with E-state index >= 15 is 0 Å². The molecule has 0 unspecified atom stereocenters. The van der Waals surface area contributed by atoms with Gasteiger partial charge in [-0.2, -0.15) is 14.7 Å². The van der Waals surface area contributed by atoms with Crippen LogP contribution in [0.15, 0.2) is 159 Å². The molecule has 1 N–H and O–H groups in total. The number of aromatic nitrogens is 7. The molecule has 0 saturated heterocycles. The lowest BCUT2D eigenvalue weighted by Gasteiger charge is -2.08. The summed E-state index contributed by atoms with van der Waals surface area (Å²) in [5.41, 5.74) is 10.7. The number of pyridine rings is 1. The molecule has 7 rings (SSSR count). The Morgan fingerprint density at radius 2 is 1.46 bits per heavy atom. The van der Waals surface area contributed by atoms with Crippen molar-refractivity contribution >= 4 is 33.5 Å². The van der Waals surface area contributed by atoms with E-state index in [1.54, 1.807) is 18.2 Å². The van der Waals surface area contributed by atoms with Gasteiger partial charge in [0.05, 0.1) is 22.4 Å². The number of benzene rings is 3. The topological polar surface area (TPSA) is 84.6 Å². The van der Waals surface area contributed by atoms with Crippen molar-refractivity contribution in [2.45, 2.75) is 67.2 Å². The molecular weight excluding hydrogens is 687 g/mol. The SMILES string of the molecule is C/C=C\C.C=C/C=C(\C)CC.C=CC=C.C=Cc1n[nH]c2cc(Cc3ccc4c(CCc5nnc6ccc(-c7ccccc7)nn56)ccnc4c3)ccc12.CC. The highest BCUT2D eigenvalue weighted by Crippen LogP contribution is 2.24. The molecule has 0 aliphatic rings. The van der Waals surface area contributed by atoms with Crippen LogP contribution in [0, 0.1) is 0 Å². The van der Waals surface area contributed by atoms with Crippen LogP contribution in [0.1, 0.15) is 76.2 Å². The Bertz CT molecular complexity index is 2350. The van der Waals surface area contributed by atoms with Crippen LogP contribution in [0.2, 0.25) is 0 Å². The van der Waals surface area contributed by atoms with E-state index in [1.165, 1.54) is 22.3 Å². The monoisotopic (exact) mass is 743 g/mol. The van der Waals surface area contributed by atoms with Crippen molar-refractivity contribution in [3.63, 3.8) is 0 Å². The molecule has 0 bridgehead atoms. The van der Waals surface area contributed by atoms with E-state index in [-0.39, 0.29) is 0 Å². The first-order valence-electron chi connectivity index (χ1n) is 19.2. The number of fused-ring (bicyclic) bond motifs is 3. The first-order chi connectivity index (χ1) is 27.4. The summed E-state index contributed by atoms with van der Waals surface area (Å²) in [6.45, 7) is 26.4. The van der Waals surface area contributed by atoms with Crippen molar-refractivity contribution in [2.75, 3.05) is 0 Å². The van der Waals surface area contributed by atoms with Gasteiger partial charge >= 0.3 is 0 Å². The van der Waals surface area contributed by atoms with Crippen LogP contribution in [0.4, 0.5) is 0 Å². The maximum atomic E-state index is 4.82. The second-order valence-corrected chi connectivity index (χ2v) is 12.4. The van der Waals surface area contributed by atoms with Gasteiger partial charge in [0.25, 0.3) is 0 Å². The zero-order valence-electron chi connectivity index (χ0n) is 34.0. The Balaban J connectivity index is 0.000000421. The lowest BCUT2D eigenvalue weighted by Crippen LogP contribution is -2.03. The Hall–Kier alpha value is -6.47. The van der Waals surface area contributed by atoms with Crippen LogP contribution in [0.3, 0.4) is 0 Å². The van der Waals surface area contributed by atoms with Gasteiger partial charge in [0, 0.05) is 29.0 Å². The Morgan fingerprint density at radius 1 is 0.768 bits per heavy atom. The van der Waals surface area contributed by atoms with E-state index < -0.39 is 0 Å². The van der Waals surface area contributed by atoms with Gasteiger partial charge in [0.2, 0.25) is 0 Å². The predicted octanol–water partition coefficient (Wildman–Crippen LogP) is 12.7. The standard InChI is InChI=1S/C32H25N7.C7H12.C4H8.C4H6.C2H6/c1-2-27-26-12-9-22(20-30(26)35-34-27)18-21-8-11-25-23(16-17-33-29(25)19-21)10-14-31-36-37-32-15-13-28(38-39(31)32)24-6-4-3-5-7-24;1-4-6-7(3)5-2;2*1-3-4-2;1-2/h2-9,11-13,15-17,19-20H,1,10,14,18H2,(H,34,35);4,6H,1,5H2,2-3H3;3-4H,1-2H3;3-4H,1-2H2;1-2H3/b;7-6+;4-3-;;. The van der Waals surface area contributed by atoms with E-state index in [0.717, 1.165) is 75.9 Å². The van der Waals surface area contributed by atoms with Crippen molar-refractivity contribution in [3.8, 4) is 11.3 Å².